The first-order valence-corrected chi connectivity index (χ1v) is 8.04. The first-order chi connectivity index (χ1) is 9.61. The van der Waals surface area contributed by atoms with Gasteiger partial charge in [0.1, 0.15) is 0 Å². The van der Waals surface area contributed by atoms with Crippen LogP contribution in [0.25, 0.3) is 0 Å². The van der Waals surface area contributed by atoms with Crippen LogP contribution in [0.1, 0.15) is 36.1 Å². The predicted molar refractivity (Wildman–Crippen MR) is 90.5 cm³/mol. The van der Waals surface area contributed by atoms with Crippen LogP contribution in [-0.4, -0.2) is 6.54 Å². The molecule has 3 heteroatoms. The molecule has 106 valence electrons. The lowest BCUT2D eigenvalue weighted by Gasteiger charge is -2.21. The second-order valence-electron chi connectivity index (χ2n) is 4.97. The number of halogens is 2. The van der Waals surface area contributed by atoms with Gasteiger partial charge in [-0.05, 0) is 49.2 Å². The summed E-state index contributed by atoms with van der Waals surface area (Å²) in [4.78, 5) is 0. The Morgan fingerprint density at radius 2 is 2.00 bits per heavy atom. The molecule has 1 N–H and O–H groups in total. The maximum atomic E-state index is 6.40. The fourth-order valence-electron chi connectivity index (χ4n) is 2.28. The zero-order valence-electron chi connectivity index (χ0n) is 11.8. The van der Waals surface area contributed by atoms with Crippen LogP contribution >= 0.6 is 27.5 Å². The Morgan fingerprint density at radius 3 is 2.70 bits per heavy atom. The minimum atomic E-state index is 0.125. The average molecular weight is 353 g/mol. The zero-order chi connectivity index (χ0) is 14.5. The number of aryl methyl sites for hydroxylation is 1. The van der Waals surface area contributed by atoms with Gasteiger partial charge in [-0.25, -0.2) is 0 Å². The Balaban J connectivity index is 2.44. The molecule has 0 aliphatic heterocycles. The summed E-state index contributed by atoms with van der Waals surface area (Å²) in [5, 5.41) is 4.39. The number of benzene rings is 2. The molecule has 1 atom stereocenters. The predicted octanol–water partition coefficient (Wildman–Crippen LogP) is 5.50. The summed E-state index contributed by atoms with van der Waals surface area (Å²) >= 11 is 9.93. The van der Waals surface area contributed by atoms with E-state index in [9.17, 15) is 0 Å². The van der Waals surface area contributed by atoms with E-state index in [-0.39, 0.29) is 6.04 Å². The van der Waals surface area contributed by atoms with Gasteiger partial charge in [-0.3, -0.25) is 0 Å². The molecule has 2 aromatic rings. The van der Waals surface area contributed by atoms with Crippen LogP contribution in [-0.2, 0) is 0 Å². The fourth-order valence-corrected chi connectivity index (χ4v) is 2.89. The lowest BCUT2D eigenvalue weighted by atomic mass is 9.97. The van der Waals surface area contributed by atoms with Crippen LogP contribution in [0.15, 0.2) is 46.9 Å². The van der Waals surface area contributed by atoms with Crippen molar-refractivity contribution in [3.63, 3.8) is 0 Å². The van der Waals surface area contributed by atoms with E-state index in [0.29, 0.717) is 0 Å². The summed E-state index contributed by atoms with van der Waals surface area (Å²) in [6.45, 7) is 5.24. The van der Waals surface area contributed by atoms with Crippen molar-refractivity contribution in [3.05, 3.63) is 68.7 Å². The number of nitrogens with one attached hydrogen (secondary N) is 1. The first-order valence-electron chi connectivity index (χ1n) is 6.86. The van der Waals surface area contributed by atoms with Crippen LogP contribution in [0.4, 0.5) is 0 Å². The second-order valence-corrected chi connectivity index (χ2v) is 6.29. The molecule has 1 nitrogen and oxygen atoms in total. The van der Waals surface area contributed by atoms with Gasteiger partial charge in [-0.1, -0.05) is 64.3 Å². The summed E-state index contributed by atoms with van der Waals surface area (Å²) < 4.78 is 1.05. The third kappa shape index (κ3) is 3.85. The van der Waals surface area contributed by atoms with E-state index in [0.717, 1.165) is 28.0 Å². The Kier molecular flexibility index (Phi) is 5.64. The molecule has 0 spiro atoms. The molecule has 2 rings (SSSR count). The van der Waals surface area contributed by atoms with Gasteiger partial charge in [0.25, 0.3) is 0 Å². The minimum absolute atomic E-state index is 0.125. The third-order valence-electron chi connectivity index (χ3n) is 3.24. The molecule has 0 saturated carbocycles. The highest BCUT2D eigenvalue weighted by atomic mass is 79.9. The maximum Gasteiger partial charge on any atom is 0.0591 e. The van der Waals surface area contributed by atoms with E-state index in [1.165, 1.54) is 11.1 Å². The molecule has 2 aromatic carbocycles. The van der Waals surface area contributed by atoms with Crippen molar-refractivity contribution in [2.24, 2.45) is 0 Å². The summed E-state index contributed by atoms with van der Waals surface area (Å²) in [6, 6.07) is 14.7. The monoisotopic (exact) mass is 351 g/mol. The van der Waals surface area contributed by atoms with E-state index in [1.807, 2.05) is 12.1 Å². The number of rotatable bonds is 5. The van der Waals surface area contributed by atoms with Gasteiger partial charge in [0.15, 0.2) is 0 Å². The highest BCUT2D eigenvalue weighted by molar-refractivity contribution is 9.10. The Labute approximate surface area is 134 Å². The van der Waals surface area contributed by atoms with Crippen LogP contribution in [0, 0.1) is 6.92 Å². The number of hydrogen-bond donors (Lipinski definition) is 1. The topological polar surface area (TPSA) is 12.0 Å². The molecule has 20 heavy (non-hydrogen) atoms. The molecule has 0 aliphatic rings. The van der Waals surface area contributed by atoms with E-state index >= 15 is 0 Å². The average Bonchev–Trinajstić information content (AvgIpc) is 2.43. The summed E-state index contributed by atoms with van der Waals surface area (Å²) in [7, 11) is 0. The first kappa shape index (κ1) is 15.6. The normalized spacial score (nSPS) is 12.4. The molecular formula is C17H19BrClN. The largest absolute Gasteiger partial charge is 0.306 e. The van der Waals surface area contributed by atoms with Crippen molar-refractivity contribution in [1.82, 2.24) is 5.32 Å². The Bertz CT molecular complexity index is 583. The van der Waals surface area contributed by atoms with E-state index < -0.39 is 0 Å². The zero-order valence-corrected chi connectivity index (χ0v) is 14.1. The quantitative estimate of drug-likeness (QED) is 0.749. The highest BCUT2D eigenvalue weighted by Crippen LogP contribution is 2.31. The molecule has 0 bridgehead atoms. The Morgan fingerprint density at radius 1 is 1.20 bits per heavy atom. The molecule has 0 heterocycles. The van der Waals surface area contributed by atoms with Crippen LogP contribution in [0.3, 0.4) is 0 Å². The lowest BCUT2D eigenvalue weighted by molar-refractivity contribution is 0.598. The van der Waals surface area contributed by atoms with Gasteiger partial charge in [0.2, 0.25) is 0 Å². The van der Waals surface area contributed by atoms with Gasteiger partial charge >= 0.3 is 0 Å². The second kappa shape index (κ2) is 7.26. The van der Waals surface area contributed by atoms with Crippen molar-refractivity contribution >= 4 is 27.5 Å². The molecule has 0 saturated heterocycles. The Hall–Kier alpha value is -0.830. The van der Waals surface area contributed by atoms with Gasteiger partial charge < -0.3 is 5.32 Å². The van der Waals surface area contributed by atoms with Crippen LogP contribution in [0.5, 0.6) is 0 Å². The van der Waals surface area contributed by atoms with Gasteiger partial charge in [-0.2, -0.15) is 0 Å². The van der Waals surface area contributed by atoms with Crippen molar-refractivity contribution in [2.45, 2.75) is 26.3 Å². The van der Waals surface area contributed by atoms with Gasteiger partial charge in [0, 0.05) is 9.50 Å². The summed E-state index contributed by atoms with van der Waals surface area (Å²) in [6.07, 6.45) is 1.09. The molecule has 1 unspecified atom stereocenters. The standard InChI is InChI=1S/C17H19BrClN/c1-3-9-20-17(13-6-4-5-12(2)10-13)15-11-14(18)7-8-16(15)19/h4-8,10-11,17,20H,3,9H2,1-2H3. The van der Waals surface area contributed by atoms with Crippen molar-refractivity contribution in [3.8, 4) is 0 Å². The minimum Gasteiger partial charge on any atom is -0.306 e. The SMILES string of the molecule is CCCNC(c1cccc(C)c1)c1cc(Br)ccc1Cl. The van der Waals surface area contributed by atoms with E-state index in [4.69, 9.17) is 11.6 Å². The lowest BCUT2D eigenvalue weighted by Crippen LogP contribution is -2.23. The van der Waals surface area contributed by atoms with Crippen LogP contribution < -0.4 is 5.32 Å². The smallest absolute Gasteiger partial charge is 0.0591 e. The van der Waals surface area contributed by atoms with Crippen molar-refractivity contribution in [1.29, 1.82) is 0 Å². The van der Waals surface area contributed by atoms with Gasteiger partial charge in [0.05, 0.1) is 6.04 Å². The third-order valence-corrected chi connectivity index (χ3v) is 4.08. The molecule has 0 fully saturated rings. The molecule has 0 aliphatic carbocycles. The summed E-state index contributed by atoms with van der Waals surface area (Å²) in [5.41, 5.74) is 3.62. The summed E-state index contributed by atoms with van der Waals surface area (Å²) in [5.74, 6) is 0. The van der Waals surface area contributed by atoms with Crippen molar-refractivity contribution in [2.75, 3.05) is 6.54 Å². The molecular weight excluding hydrogens is 334 g/mol. The van der Waals surface area contributed by atoms with E-state index in [1.54, 1.807) is 0 Å². The molecule has 0 amide bonds. The maximum absolute atomic E-state index is 6.40. The van der Waals surface area contributed by atoms with Crippen molar-refractivity contribution < 1.29 is 0 Å². The fraction of sp³-hybridized carbons (Fsp3) is 0.294. The number of hydrogen-bond acceptors (Lipinski definition) is 1. The molecule has 0 aromatic heterocycles. The van der Waals surface area contributed by atoms with E-state index in [2.05, 4.69) is 65.4 Å². The molecule has 0 radical (unpaired) electrons. The van der Waals surface area contributed by atoms with Crippen LogP contribution in [0.2, 0.25) is 5.02 Å². The highest BCUT2D eigenvalue weighted by Gasteiger charge is 2.16. The van der Waals surface area contributed by atoms with Gasteiger partial charge in [-0.15, -0.1) is 0 Å².